The van der Waals surface area contributed by atoms with E-state index in [1.165, 1.54) is 36.6 Å². The van der Waals surface area contributed by atoms with Gasteiger partial charge in [-0.15, -0.1) is 4.37 Å². The number of hydrogen-bond donors (Lipinski definition) is 1. The average Bonchev–Trinajstić information content (AvgIpc) is 2.83. The Hall–Kier alpha value is -0.980. The largest absolute Gasteiger partial charge is 0.474 e. The second kappa shape index (κ2) is 5.34. The summed E-state index contributed by atoms with van der Waals surface area (Å²) in [5.41, 5.74) is 2.67. The second-order valence-corrected chi connectivity index (χ2v) is 7.24. The Morgan fingerprint density at radius 1 is 1.43 bits per heavy atom. The Balaban J connectivity index is 1.31. The van der Waals surface area contributed by atoms with Gasteiger partial charge in [0.05, 0.1) is 11.7 Å². The molecule has 1 aromatic rings. The first-order valence-electron chi connectivity index (χ1n) is 7.82. The summed E-state index contributed by atoms with van der Waals surface area (Å²) in [6.07, 6.45) is 7.46. The minimum atomic E-state index is 0.478. The van der Waals surface area contributed by atoms with E-state index < -0.39 is 0 Å². The molecule has 3 saturated carbocycles. The van der Waals surface area contributed by atoms with Crippen LogP contribution in [0.1, 0.15) is 31.4 Å². The molecule has 6 heteroatoms. The van der Waals surface area contributed by atoms with Crippen LogP contribution in [0.15, 0.2) is 6.08 Å². The van der Waals surface area contributed by atoms with Crippen LogP contribution in [-0.4, -0.2) is 52.5 Å². The van der Waals surface area contributed by atoms with Gasteiger partial charge in [0.15, 0.2) is 0 Å². The minimum Gasteiger partial charge on any atom is -0.474 e. The molecule has 4 aliphatic rings. The van der Waals surface area contributed by atoms with Gasteiger partial charge in [0, 0.05) is 25.2 Å². The van der Waals surface area contributed by atoms with Crippen LogP contribution < -0.4 is 10.1 Å². The van der Waals surface area contributed by atoms with Gasteiger partial charge in [-0.25, -0.2) is 0 Å². The maximum absolute atomic E-state index is 5.86. The van der Waals surface area contributed by atoms with Crippen molar-refractivity contribution in [2.45, 2.75) is 31.2 Å². The van der Waals surface area contributed by atoms with Crippen molar-refractivity contribution in [1.82, 2.24) is 19.0 Å². The normalized spacial score (nSPS) is 31.3. The zero-order chi connectivity index (χ0) is 14.3. The van der Waals surface area contributed by atoms with E-state index in [0.717, 1.165) is 37.7 Å². The Kier molecular flexibility index (Phi) is 3.47. The van der Waals surface area contributed by atoms with Crippen LogP contribution >= 0.6 is 11.7 Å². The molecule has 21 heavy (non-hydrogen) atoms. The van der Waals surface area contributed by atoms with Gasteiger partial charge in [0.1, 0.15) is 12.3 Å². The topological polar surface area (TPSA) is 50.3 Å². The van der Waals surface area contributed by atoms with E-state index in [4.69, 9.17) is 4.74 Å². The third-order valence-electron chi connectivity index (χ3n) is 4.98. The number of likely N-dealkylation sites (N-methyl/N-ethyl adjacent to an activating group) is 1. The van der Waals surface area contributed by atoms with Crippen molar-refractivity contribution in [2.75, 3.05) is 33.3 Å². The molecule has 0 atom stereocenters. The maximum atomic E-state index is 5.86. The van der Waals surface area contributed by atoms with E-state index in [0.29, 0.717) is 18.0 Å². The minimum absolute atomic E-state index is 0.478. The SMILES string of the molecule is CN1CCC=C(c2nsnc2OCCNC23CC(C2)C3)C1. The van der Waals surface area contributed by atoms with Gasteiger partial charge >= 0.3 is 0 Å². The molecular weight excluding hydrogens is 284 g/mol. The number of ether oxygens (including phenoxy) is 1. The summed E-state index contributed by atoms with van der Waals surface area (Å²) in [5.74, 6) is 1.73. The summed E-state index contributed by atoms with van der Waals surface area (Å²) < 4.78 is 14.6. The van der Waals surface area contributed by atoms with Gasteiger partial charge in [-0.1, -0.05) is 6.08 Å². The van der Waals surface area contributed by atoms with Crippen LogP contribution in [0.4, 0.5) is 0 Å². The number of nitrogens with zero attached hydrogens (tertiary/aromatic N) is 3. The van der Waals surface area contributed by atoms with Crippen LogP contribution in [0.5, 0.6) is 5.88 Å². The molecule has 0 saturated heterocycles. The first kappa shape index (κ1) is 13.7. The highest BCUT2D eigenvalue weighted by molar-refractivity contribution is 6.99. The molecule has 0 amide bonds. The lowest BCUT2D eigenvalue weighted by Gasteiger charge is -2.62. The molecule has 114 valence electrons. The van der Waals surface area contributed by atoms with E-state index in [-0.39, 0.29) is 0 Å². The fraction of sp³-hybridized carbons (Fsp3) is 0.733. The molecule has 3 fully saturated rings. The average molecular weight is 306 g/mol. The Morgan fingerprint density at radius 2 is 2.29 bits per heavy atom. The van der Waals surface area contributed by atoms with Gasteiger partial charge in [-0.2, -0.15) is 4.37 Å². The lowest BCUT2D eigenvalue weighted by molar-refractivity contribution is -0.0518. The number of nitrogens with one attached hydrogen (secondary N) is 1. The van der Waals surface area contributed by atoms with Crippen molar-refractivity contribution in [3.8, 4) is 5.88 Å². The summed E-state index contributed by atoms with van der Waals surface area (Å²) in [7, 11) is 2.14. The zero-order valence-electron chi connectivity index (χ0n) is 12.5. The van der Waals surface area contributed by atoms with Crippen LogP contribution in [0.3, 0.4) is 0 Å². The quantitative estimate of drug-likeness (QED) is 0.812. The van der Waals surface area contributed by atoms with Crippen LogP contribution in [0.25, 0.3) is 5.57 Å². The van der Waals surface area contributed by atoms with Gasteiger partial charge in [0.25, 0.3) is 5.88 Å². The molecular formula is C15H22N4OS. The molecule has 2 heterocycles. The van der Waals surface area contributed by atoms with Crippen molar-refractivity contribution in [1.29, 1.82) is 0 Å². The lowest BCUT2D eigenvalue weighted by Crippen LogP contribution is -2.67. The number of rotatable bonds is 6. The van der Waals surface area contributed by atoms with Crippen molar-refractivity contribution >= 4 is 17.3 Å². The van der Waals surface area contributed by atoms with Crippen LogP contribution in [0.2, 0.25) is 0 Å². The van der Waals surface area contributed by atoms with E-state index in [1.807, 2.05) is 0 Å². The first-order chi connectivity index (χ1) is 10.2. The highest BCUT2D eigenvalue weighted by Crippen LogP contribution is 2.56. The lowest BCUT2D eigenvalue weighted by atomic mass is 9.50. The molecule has 0 unspecified atom stereocenters. The monoisotopic (exact) mass is 306 g/mol. The molecule has 5 nitrogen and oxygen atoms in total. The summed E-state index contributed by atoms with van der Waals surface area (Å²) in [6, 6.07) is 0. The van der Waals surface area contributed by atoms with E-state index in [1.54, 1.807) is 0 Å². The molecule has 2 bridgehead atoms. The third kappa shape index (κ3) is 2.60. The number of hydrogen-bond acceptors (Lipinski definition) is 6. The van der Waals surface area contributed by atoms with Crippen molar-refractivity contribution in [3.05, 3.63) is 11.8 Å². The fourth-order valence-corrected chi connectivity index (χ4v) is 4.23. The Bertz CT molecular complexity index is 539. The Morgan fingerprint density at radius 3 is 3.00 bits per heavy atom. The van der Waals surface area contributed by atoms with Crippen molar-refractivity contribution < 1.29 is 4.74 Å². The van der Waals surface area contributed by atoms with Gasteiger partial charge < -0.3 is 15.0 Å². The molecule has 0 spiro atoms. The van der Waals surface area contributed by atoms with Gasteiger partial charge in [-0.3, -0.25) is 0 Å². The summed E-state index contributed by atoms with van der Waals surface area (Å²) in [5, 5.41) is 3.64. The smallest absolute Gasteiger partial charge is 0.253 e. The highest BCUT2D eigenvalue weighted by Gasteiger charge is 2.55. The summed E-state index contributed by atoms with van der Waals surface area (Å²) in [4.78, 5) is 2.31. The van der Waals surface area contributed by atoms with Crippen LogP contribution in [0, 0.1) is 5.92 Å². The molecule has 1 aromatic heterocycles. The molecule has 3 aliphatic carbocycles. The van der Waals surface area contributed by atoms with Gasteiger partial charge in [-0.05, 0) is 44.2 Å². The van der Waals surface area contributed by atoms with Gasteiger partial charge in [0.2, 0.25) is 0 Å². The summed E-state index contributed by atoms with van der Waals surface area (Å²) in [6.45, 7) is 3.63. The maximum Gasteiger partial charge on any atom is 0.253 e. The third-order valence-corrected chi connectivity index (χ3v) is 5.50. The van der Waals surface area contributed by atoms with Crippen molar-refractivity contribution in [2.24, 2.45) is 5.92 Å². The van der Waals surface area contributed by atoms with E-state index in [9.17, 15) is 0 Å². The number of aromatic nitrogens is 2. The zero-order valence-corrected chi connectivity index (χ0v) is 13.3. The molecule has 0 radical (unpaired) electrons. The fourth-order valence-electron chi connectivity index (χ4n) is 3.70. The molecule has 1 N–H and O–H groups in total. The molecule has 5 rings (SSSR count). The summed E-state index contributed by atoms with van der Waals surface area (Å²) >= 11 is 1.24. The second-order valence-electron chi connectivity index (χ2n) is 6.71. The molecule has 1 aliphatic heterocycles. The van der Waals surface area contributed by atoms with E-state index in [2.05, 4.69) is 32.1 Å². The highest BCUT2D eigenvalue weighted by atomic mass is 32.1. The van der Waals surface area contributed by atoms with E-state index >= 15 is 0 Å². The van der Waals surface area contributed by atoms with Crippen LogP contribution in [-0.2, 0) is 0 Å². The predicted octanol–water partition coefficient (Wildman–Crippen LogP) is 1.78. The predicted molar refractivity (Wildman–Crippen MR) is 83.6 cm³/mol. The van der Waals surface area contributed by atoms with Crippen molar-refractivity contribution in [3.63, 3.8) is 0 Å². The standard InChI is InChI=1S/C15H22N4OS/c1-19-5-2-3-12(10-19)13-14(18-21-17-13)20-6-4-16-15-7-11(8-15)9-15/h3,11,16H,2,4-10H2,1H3. The first-order valence-corrected chi connectivity index (χ1v) is 8.55. The Labute approximate surface area is 129 Å². The molecule has 0 aromatic carbocycles.